The Bertz CT molecular complexity index is 714. The van der Waals surface area contributed by atoms with Crippen LogP contribution in [0.3, 0.4) is 0 Å². The molecule has 4 nitrogen and oxygen atoms in total. The molecule has 0 saturated heterocycles. The highest BCUT2D eigenvalue weighted by molar-refractivity contribution is 7.89. The summed E-state index contributed by atoms with van der Waals surface area (Å²) < 4.78 is 32.3. The number of sulfonamides is 1. The molecule has 112 valence electrons. The Hall–Kier alpha value is -1.56. The summed E-state index contributed by atoms with van der Waals surface area (Å²) in [4.78, 5) is 0.183. The Balaban J connectivity index is 2.22. The highest BCUT2D eigenvalue weighted by Gasteiger charge is 2.19. The van der Waals surface area contributed by atoms with Crippen molar-refractivity contribution in [2.24, 2.45) is 0 Å². The molecule has 0 saturated carbocycles. The van der Waals surface area contributed by atoms with E-state index < -0.39 is 16.1 Å². The predicted molar refractivity (Wildman–Crippen MR) is 83.2 cm³/mol. The quantitative estimate of drug-likeness (QED) is 0.916. The van der Waals surface area contributed by atoms with E-state index >= 15 is 0 Å². The molecule has 0 bridgehead atoms. The fourth-order valence-corrected chi connectivity index (χ4v) is 3.47. The molecule has 0 aliphatic carbocycles. The van der Waals surface area contributed by atoms with Crippen molar-refractivity contribution in [2.45, 2.75) is 17.9 Å². The van der Waals surface area contributed by atoms with Crippen molar-refractivity contribution in [2.75, 3.05) is 7.11 Å². The van der Waals surface area contributed by atoms with Gasteiger partial charge in [0.15, 0.2) is 0 Å². The van der Waals surface area contributed by atoms with Crippen LogP contribution in [0.4, 0.5) is 0 Å². The lowest BCUT2D eigenvalue weighted by Crippen LogP contribution is -2.27. The highest BCUT2D eigenvalue weighted by atomic mass is 35.5. The van der Waals surface area contributed by atoms with Crippen molar-refractivity contribution in [3.8, 4) is 5.75 Å². The summed E-state index contributed by atoms with van der Waals surface area (Å²) >= 11 is 6.08. The molecular weight excluding hydrogens is 310 g/mol. The maximum Gasteiger partial charge on any atom is 0.241 e. The summed E-state index contributed by atoms with van der Waals surface area (Å²) in [7, 11) is -2.08. The van der Waals surface area contributed by atoms with Gasteiger partial charge in [-0.25, -0.2) is 13.1 Å². The van der Waals surface area contributed by atoms with Crippen molar-refractivity contribution >= 4 is 21.6 Å². The molecule has 1 atom stereocenters. The van der Waals surface area contributed by atoms with Crippen LogP contribution in [-0.4, -0.2) is 15.5 Å². The van der Waals surface area contributed by atoms with Crippen LogP contribution < -0.4 is 9.46 Å². The molecule has 0 radical (unpaired) electrons. The second kappa shape index (κ2) is 6.47. The monoisotopic (exact) mass is 325 g/mol. The van der Waals surface area contributed by atoms with Crippen LogP contribution in [0.5, 0.6) is 5.75 Å². The summed E-state index contributed by atoms with van der Waals surface area (Å²) in [6.07, 6.45) is 0. The van der Waals surface area contributed by atoms with E-state index in [1.807, 2.05) is 6.07 Å². The van der Waals surface area contributed by atoms with Crippen LogP contribution in [0.2, 0.25) is 5.02 Å². The van der Waals surface area contributed by atoms with Crippen molar-refractivity contribution in [1.82, 2.24) is 4.72 Å². The summed E-state index contributed by atoms with van der Waals surface area (Å²) in [5, 5.41) is 0.530. The van der Waals surface area contributed by atoms with Gasteiger partial charge in [0.1, 0.15) is 5.75 Å². The number of halogens is 1. The molecule has 0 unspecified atom stereocenters. The number of methoxy groups -OCH3 is 1. The van der Waals surface area contributed by atoms with Crippen LogP contribution in [-0.2, 0) is 10.0 Å². The summed E-state index contributed by atoms with van der Waals surface area (Å²) in [5.74, 6) is 0.605. The van der Waals surface area contributed by atoms with Gasteiger partial charge in [0.2, 0.25) is 10.0 Å². The molecule has 0 fully saturated rings. The first-order chi connectivity index (χ1) is 9.94. The second-order valence-electron chi connectivity index (χ2n) is 4.54. The molecule has 2 aromatic carbocycles. The van der Waals surface area contributed by atoms with Gasteiger partial charge in [-0.3, -0.25) is 0 Å². The first kappa shape index (κ1) is 15.8. The molecule has 0 aliphatic rings. The molecular formula is C15H16ClNO3S. The minimum atomic E-state index is -3.61. The standard InChI is InChI=1S/C15H16ClNO3S/c1-11(14-5-3-4-6-15(14)16)17-21(18,19)13-9-7-12(20-2)8-10-13/h3-11,17H,1-2H3/t11-/m0/s1. The Morgan fingerprint density at radius 3 is 2.29 bits per heavy atom. The Morgan fingerprint density at radius 2 is 1.71 bits per heavy atom. The van der Waals surface area contributed by atoms with Gasteiger partial charge >= 0.3 is 0 Å². The zero-order valence-corrected chi connectivity index (χ0v) is 13.3. The molecule has 6 heteroatoms. The van der Waals surface area contributed by atoms with Gasteiger partial charge in [0.05, 0.1) is 12.0 Å². The first-order valence-electron chi connectivity index (χ1n) is 6.35. The molecule has 21 heavy (non-hydrogen) atoms. The van der Waals surface area contributed by atoms with E-state index in [1.165, 1.54) is 19.2 Å². The maximum absolute atomic E-state index is 12.3. The van der Waals surface area contributed by atoms with E-state index in [0.29, 0.717) is 10.8 Å². The van der Waals surface area contributed by atoms with Gasteiger partial charge in [-0.1, -0.05) is 29.8 Å². The van der Waals surface area contributed by atoms with Gasteiger partial charge in [0.25, 0.3) is 0 Å². The van der Waals surface area contributed by atoms with Crippen LogP contribution in [0.1, 0.15) is 18.5 Å². The minimum absolute atomic E-state index is 0.183. The number of hydrogen-bond acceptors (Lipinski definition) is 3. The molecule has 0 aliphatic heterocycles. The van der Waals surface area contributed by atoms with E-state index in [2.05, 4.69) is 4.72 Å². The maximum atomic E-state index is 12.3. The van der Waals surface area contributed by atoms with Crippen LogP contribution in [0, 0.1) is 0 Å². The van der Waals surface area contributed by atoms with Crippen molar-refractivity contribution < 1.29 is 13.2 Å². The summed E-state index contributed by atoms with van der Waals surface area (Å²) in [6, 6.07) is 12.9. The average molecular weight is 326 g/mol. The lowest BCUT2D eigenvalue weighted by atomic mass is 10.1. The molecule has 1 N–H and O–H groups in total. The lowest BCUT2D eigenvalue weighted by molar-refractivity contribution is 0.414. The van der Waals surface area contributed by atoms with Gasteiger partial charge in [-0.05, 0) is 42.8 Å². The Labute approximate surface area is 129 Å². The molecule has 0 heterocycles. The summed E-state index contributed by atoms with van der Waals surface area (Å²) in [5.41, 5.74) is 0.733. The third kappa shape index (κ3) is 3.75. The lowest BCUT2D eigenvalue weighted by Gasteiger charge is -2.16. The van der Waals surface area contributed by atoms with Crippen LogP contribution in [0.15, 0.2) is 53.4 Å². The minimum Gasteiger partial charge on any atom is -0.497 e. The summed E-state index contributed by atoms with van der Waals surface area (Å²) in [6.45, 7) is 1.75. The number of rotatable bonds is 5. The van der Waals surface area contributed by atoms with Crippen molar-refractivity contribution in [1.29, 1.82) is 0 Å². The SMILES string of the molecule is COc1ccc(S(=O)(=O)N[C@@H](C)c2ccccc2Cl)cc1. The number of hydrogen-bond donors (Lipinski definition) is 1. The fraction of sp³-hybridized carbons (Fsp3) is 0.200. The molecule has 0 amide bonds. The normalized spacial score (nSPS) is 12.9. The molecule has 2 aromatic rings. The van der Waals surface area contributed by atoms with Crippen molar-refractivity contribution in [3.63, 3.8) is 0 Å². The number of nitrogens with one attached hydrogen (secondary N) is 1. The van der Waals surface area contributed by atoms with Crippen LogP contribution >= 0.6 is 11.6 Å². The van der Waals surface area contributed by atoms with Crippen LogP contribution in [0.25, 0.3) is 0 Å². The van der Waals surface area contributed by atoms with Gasteiger partial charge < -0.3 is 4.74 Å². The highest BCUT2D eigenvalue weighted by Crippen LogP contribution is 2.24. The zero-order chi connectivity index (χ0) is 15.5. The van der Waals surface area contributed by atoms with E-state index in [4.69, 9.17) is 16.3 Å². The number of ether oxygens (including phenoxy) is 1. The Kier molecular flexibility index (Phi) is 4.88. The number of benzene rings is 2. The Morgan fingerprint density at radius 1 is 1.10 bits per heavy atom. The molecule has 0 aromatic heterocycles. The predicted octanol–water partition coefficient (Wildman–Crippen LogP) is 3.39. The average Bonchev–Trinajstić information content (AvgIpc) is 2.47. The van der Waals surface area contributed by atoms with Gasteiger partial charge in [-0.2, -0.15) is 0 Å². The van der Waals surface area contributed by atoms with Gasteiger partial charge in [-0.15, -0.1) is 0 Å². The smallest absolute Gasteiger partial charge is 0.241 e. The van der Waals surface area contributed by atoms with E-state index in [-0.39, 0.29) is 4.90 Å². The van der Waals surface area contributed by atoms with E-state index in [1.54, 1.807) is 37.3 Å². The zero-order valence-electron chi connectivity index (χ0n) is 11.7. The molecule has 2 rings (SSSR count). The van der Waals surface area contributed by atoms with E-state index in [9.17, 15) is 8.42 Å². The van der Waals surface area contributed by atoms with Crippen molar-refractivity contribution in [3.05, 3.63) is 59.1 Å². The topological polar surface area (TPSA) is 55.4 Å². The largest absolute Gasteiger partial charge is 0.497 e. The fourth-order valence-electron chi connectivity index (χ4n) is 1.95. The third-order valence-electron chi connectivity index (χ3n) is 3.07. The first-order valence-corrected chi connectivity index (χ1v) is 8.21. The second-order valence-corrected chi connectivity index (χ2v) is 6.66. The molecule has 0 spiro atoms. The van der Waals surface area contributed by atoms with Gasteiger partial charge in [0, 0.05) is 11.1 Å². The van der Waals surface area contributed by atoms with E-state index in [0.717, 1.165) is 5.56 Å². The third-order valence-corrected chi connectivity index (χ3v) is 4.97.